The highest BCUT2D eigenvalue weighted by atomic mass is 32.2. The van der Waals surface area contributed by atoms with Crippen LogP contribution in [0.2, 0.25) is 0 Å². The van der Waals surface area contributed by atoms with Crippen LogP contribution in [0.15, 0.2) is 72.1 Å². The van der Waals surface area contributed by atoms with Crippen molar-refractivity contribution < 1.29 is 13.6 Å². The standard InChI is InChI=1S/C23H17F2N3OS/c24-17-5-6-20(25)18(14-17)22-27-28(21(29)13-15-8-11-26-12-9-15)23(30-22)10-7-16-3-1-2-4-19(16)23/h1-6,8-9,11-12,14H,7,10,13H2. The molecule has 2 heterocycles. The molecule has 0 saturated carbocycles. The Balaban J connectivity index is 1.59. The van der Waals surface area contributed by atoms with E-state index < -0.39 is 16.5 Å². The molecule has 0 bridgehead atoms. The van der Waals surface area contributed by atoms with Gasteiger partial charge in [-0.05, 0) is 59.9 Å². The molecule has 4 nitrogen and oxygen atoms in total. The molecule has 1 aromatic heterocycles. The highest BCUT2D eigenvalue weighted by Gasteiger charge is 2.52. The van der Waals surface area contributed by atoms with Gasteiger partial charge in [-0.25, -0.2) is 13.8 Å². The summed E-state index contributed by atoms with van der Waals surface area (Å²) in [5, 5.41) is 6.32. The van der Waals surface area contributed by atoms with Gasteiger partial charge in [0, 0.05) is 18.0 Å². The molecule has 0 N–H and O–H groups in total. The van der Waals surface area contributed by atoms with E-state index >= 15 is 0 Å². The Kier molecular flexibility index (Phi) is 4.62. The third-order valence-electron chi connectivity index (χ3n) is 5.47. The minimum Gasteiger partial charge on any atom is -0.273 e. The number of amides is 1. The summed E-state index contributed by atoms with van der Waals surface area (Å²) in [5.41, 5.74) is 3.03. The van der Waals surface area contributed by atoms with E-state index in [0.29, 0.717) is 11.5 Å². The number of halogens is 2. The molecule has 5 rings (SSSR count). The van der Waals surface area contributed by atoms with Gasteiger partial charge in [0.05, 0.1) is 6.42 Å². The number of benzene rings is 2. The van der Waals surface area contributed by atoms with Crippen LogP contribution in [0.4, 0.5) is 8.78 Å². The van der Waals surface area contributed by atoms with Crippen LogP contribution in [-0.4, -0.2) is 20.9 Å². The van der Waals surface area contributed by atoms with Gasteiger partial charge in [-0.3, -0.25) is 9.78 Å². The van der Waals surface area contributed by atoms with Crippen molar-refractivity contribution in [3.05, 3.63) is 101 Å². The Morgan fingerprint density at radius 1 is 1.10 bits per heavy atom. The number of aryl methyl sites for hydroxylation is 1. The Morgan fingerprint density at radius 3 is 2.73 bits per heavy atom. The van der Waals surface area contributed by atoms with Gasteiger partial charge in [-0.1, -0.05) is 36.0 Å². The maximum absolute atomic E-state index is 14.5. The van der Waals surface area contributed by atoms with Crippen LogP contribution < -0.4 is 0 Å². The predicted octanol–water partition coefficient (Wildman–Crippen LogP) is 4.64. The number of thioether (sulfide) groups is 1. The Labute approximate surface area is 176 Å². The zero-order chi connectivity index (χ0) is 20.7. The number of rotatable bonds is 3. The van der Waals surface area contributed by atoms with E-state index in [2.05, 4.69) is 10.1 Å². The molecule has 150 valence electrons. The average molecular weight is 421 g/mol. The number of aromatic nitrogens is 1. The fourth-order valence-corrected chi connectivity index (χ4v) is 5.51. The maximum atomic E-state index is 14.5. The summed E-state index contributed by atoms with van der Waals surface area (Å²) in [4.78, 5) is 16.6. The van der Waals surface area contributed by atoms with E-state index in [0.717, 1.165) is 41.3 Å². The van der Waals surface area contributed by atoms with E-state index in [1.165, 1.54) is 16.8 Å². The van der Waals surface area contributed by atoms with Crippen LogP contribution >= 0.6 is 11.8 Å². The molecule has 0 radical (unpaired) electrons. The van der Waals surface area contributed by atoms with Crippen LogP contribution in [0, 0.1) is 11.6 Å². The lowest BCUT2D eigenvalue weighted by Gasteiger charge is -2.32. The van der Waals surface area contributed by atoms with Gasteiger partial charge < -0.3 is 0 Å². The van der Waals surface area contributed by atoms with Gasteiger partial charge in [0.15, 0.2) is 0 Å². The van der Waals surface area contributed by atoms with E-state index in [1.807, 2.05) is 24.3 Å². The van der Waals surface area contributed by atoms with Crippen molar-refractivity contribution >= 4 is 22.7 Å². The second kappa shape index (κ2) is 7.32. The van der Waals surface area contributed by atoms with Crippen molar-refractivity contribution in [3.63, 3.8) is 0 Å². The summed E-state index contributed by atoms with van der Waals surface area (Å²) in [7, 11) is 0. The van der Waals surface area contributed by atoms with Crippen molar-refractivity contribution in [2.75, 3.05) is 0 Å². The fraction of sp³-hybridized carbons (Fsp3) is 0.174. The molecule has 2 aromatic carbocycles. The van der Waals surface area contributed by atoms with E-state index in [4.69, 9.17) is 0 Å². The number of hydrogen-bond acceptors (Lipinski definition) is 4. The fourth-order valence-electron chi connectivity index (χ4n) is 4.06. The van der Waals surface area contributed by atoms with Crippen molar-refractivity contribution in [2.24, 2.45) is 5.10 Å². The highest BCUT2D eigenvalue weighted by molar-refractivity contribution is 8.15. The Hall–Kier alpha value is -3.06. The Bertz CT molecular complexity index is 1170. The van der Waals surface area contributed by atoms with Crippen LogP contribution in [0.5, 0.6) is 0 Å². The number of hydrogen-bond donors (Lipinski definition) is 0. The molecule has 1 spiro atoms. The third-order valence-corrected chi connectivity index (χ3v) is 6.90. The van der Waals surface area contributed by atoms with Crippen LogP contribution in [0.3, 0.4) is 0 Å². The third kappa shape index (κ3) is 3.10. The zero-order valence-electron chi connectivity index (χ0n) is 15.9. The average Bonchev–Trinajstić information content (AvgIpc) is 3.33. The first kappa shape index (κ1) is 18.9. The summed E-state index contributed by atoms with van der Waals surface area (Å²) < 4.78 is 28.3. The van der Waals surface area contributed by atoms with Crippen LogP contribution in [0.1, 0.15) is 28.7 Å². The normalized spacial score (nSPS) is 19.8. The smallest absolute Gasteiger partial charge is 0.248 e. The molecular formula is C23H17F2N3OS. The van der Waals surface area contributed by atoms with E-state index in [1.54, 1.807) is 24.5 Å². The Morgan fingerprint density at radius 2 is 1.90 bits per heavy atom. The van der Waals surface area contributed by atoms with Gasteiger partial charge >= 0.3 is 0 Å². The van der Waals surface area contributed by atoms with Gasteiger partial charge in [0.2, 0.25) is 5.91 Å². The van der Waals surface area contributed by atoms with E-state index in [9.17, 15) is 13.6 Å². The lowest BCUT2D eigenvalue weighted by atomic mass is 10.1. The molecule has 1 aliphatic heterocycles. The highest BCUT2D eigenvalue weighted by Crippen LogP contribution is 2.55. The van der Waals surface area contributed by atoms with Crippen molar-refractivity contribution in [1.29, 1.82) is 0 Å². The van der Waals surface area contributed by atoms with Gasteiger partial charge in [0.25, 0.3) is 0 Å². The largest absolute Gasteiger partial charge is 0.273 e. The predicted molar refractivity (Wildman–Crippen MR) is 112 cm³/mol. The summed E-state index contributed by atoms with van der Waals surface area (Å²) in [5.74, 6) is -1.30. The molecule has 3 aromatic rings. The first-order valence-electron chi connectivity index (χ1n) is 9.60. The van der Waals surface area contributed by atoms with Crippen molar-refractivity contribution in [1.82, 2.24) is 9.99 Å². The molecule has 1 amide bonds. The molecular weight excluding hydrogens is 404 g/mol. The van der Waals surface area contributed by atoms with Crippen molar-refractivity contribution in [3.8, 4) is 0 Å². The number of fused-ring (bicyclic) bond motifs is 2. The second-order valence-electron chi connectivity index (χ2n) is 7.31. The molecule has 0 fully saturated rings. The minimum absolute atomic E-state index is 0.0722. The molecule has 1 unspecified atom stereocenters. The summed E-state index contributed by atoms with van der Waals surface area (Å²) in [6, 6.07) is 14.8. The van der Waals surface area contributed by atoms with Gasteiger partial charge in [-0.15, -0.1) is 0 Å². The SMILES string of the molecule is O=C(Cc1ccncc1)N1N=C(c2cc(F)ccc2F)SC12CCc1ccccc12. The molecule has 7 heteroatoms. The number of carbonyl (C=O) groups excluding carboxylic acids is 1. The monoisotopic (exact) mass is 421 g/mol. The summed E-state index contributed by atoms with van der Waals surface area (Å²) in [6.45, 7) is 0. The molecule has 2 aliphatic rings. The minimum atomic E-state index is -0.755. The van der Waals surface area contributed by atoms with Gasteiger partial charge in [0.1, 0.15) is 21.5 Å². The topological polar surface area (TPSA) is 45.6 Å². The zero-order valence-corrected chi connectivity index (χ0v) is 16.7. The quantitative estimate of drug-likeness (QED) is 0.619. The number of nitrogens with zero attached hydrogens (tertiary/aromatic N) is 3. The van der Waals surface area contributed by atoms with Crippen LogP contribution in [-0.2, 0) is 22.5 Å². The molecule has 1 aliphatic carbocycles. The number of carbonyl (C=O) groups is 1. The lowest BCUT2D eigenvalue weighted by molar-refractivity contribution is -0.133. The van der Waals surface area contributed by atoms with Crippen molar-refractivity contribution in [2.45, 2.75) is 24.1 Å². The summed E-state index contributed by atoms with van der Waals surface area (Å²) in [6.07, 6.45) is 4.87. The summed E-state index contributed by atoms with van der Waals surface area (Å²) >= 11 is 1.32. The van der Waals surface area contributed by atoms with E-state index in [-0.39, 0.29) is 17.9 Å². The number of hydrazone groups is 1. The second-order valence-corrected chi connectivity index (χ2v) is 8.58. The lowest BCUT2D eigenvalue weighted by Crippen LogP contribution is -2.40. The number of pyridine rings is 1. The first-order valence-corrected chi connectivity index (χ1v) is 10.4. The maximum Gasteiger partial charge on any atom is 0.248 e. The van der Waals surface area contributed by atoms with Crippen LogP contribution in [0.25, 0.3) is 0 Å². The first-order chi connectivity index (χ1) is 14.6. The molecule has 30 heavy (non-hydrogen) atoms. The van der Waals surface area contributed by atoms with Gasteiger partial charge in [-0.2, -0.15) is 5.10 Å². The molecule has 0 saturated heterocycles. The molecule has 1 atom stereocenters.